The van der Waals surface area contributed by atoms with E-state index in [1.54, 1.807) is 0 Å². The maximum absolute atomic E-state index is 11.1. The fourth-order valence-electron chi connectivity index (χ4n) is 2.02. The van der Waals surface area contributed by atoms with Gasteiger partial charge in [-0.05, 0) is 37.6 Å². The van der Waals surface area contributed by atoms with Gasteiger partial charge in [-0.2, -0.15) is 0 Å². The molecule has 1 amide bonds. The molecule has 4 heteroatoms. The van der Waals surface area contributed by atoms with E-state index in [9.17, 15) is 4.79 Å². The number of nitrogens with one attached hydrogen (secondary N) is 1. The fraction of sp³-hybridized carbons (Fsp3) is 0.308. The second-order valence-electron chi connectivity index (χ2n) is 4.01. The minimum atomic E-state index is -0.323. The number of hydrogen-bond donors (Lipinski definition) is 2. The molecule has 0 atom stereocenters. The van der Waals surface area contributed by atoms with E-state index >= 15 is 0 Å². The molecule has 0 radical (unpaired) electrons. The molecule has 0 aliphatic carbocycles. The smallest absolute Gasteiger partial charge is 0.221 e. The van der Waals surface area contributed by atoms with Crippen molar-refractivity contribution in [2.75, 3.05) is 6.61 Å². The summed E-state index contributed by atoms with van der Waals surface area (Å²) >= 11 is 0. The highest BCUT2D eigenvalue weighted by atomic mass is 16.5. The zero-order valence-electron chi connectivity index (χ0n) is 10.0. The third kappa shape index (κ3) is 2.25. The van der Waals surface area contributed by atoms with E-state index in [1.807, 2.05) is 32.0 Å². The number of aromatic nitrogens is 1. The molecular weight excluding hydrogens is 216 g/mol. The number of ether oxygens (including phenoxy) is 1. The molecule has 0 aliphatic rings. The lowest BCUT2D eigenvalue weighted by Crippen LogP contribution is -2.14. The average Bonchev–Trinajstić information content (AvgIpc) is 2.56. The lowest BCUT2D eigenvalue weighted by atomic mass is 10.1. The molecule has 17 heavy (non-hydrogen) atoms. The number of amides is 1. The van der Waals surface area contributed by atoms with E-state index in [0.717, 1.165) is 27.9 Å². The van der Waals surface area contributed by atoms with Crippen molar-refractivity contribution in [2.24, 2.45) is 5.73 Å². The van der Waals surface area contributed by atoms with E-state index < -0.39 is 0 Å². The topological polar surface area (TPSA) is 68.1 Å². The van der Waals surface area contributed by atoms with Crippen LogP contribution in [0, 0.1) is 6.92 Å². The van der Waals surface area contributed by atoms with Crippen LogP contribution in [0.3, 0.4) is 0 Å². The number of aromatic amines is 1. The van der Waals surface area contributed by atoms with E-state index in [-0.39, 0.29) is 12.3 Å². The monoisotopic (exact) mass is 232 g/mol. The number of benzene rings is 1. The first-order valence-corrected chi connectivity index (χ1v) is 5.64. The van der Waals surface area contributed by atoms with Gasteiger partial charge in [-0.25, -0.2) is 0 Å². The lowest BCUT2D eigenvalue weighted by Gasteiger charge is -2.03. The Labute approximate surface area is 99.8 Å². The second-order valence-corrected chi connectivity index (χ2v) is 4.01. The molecule has 1 aromatic heterocycles. The molecule has 4 nitrogen and oxygen atoms in total. The Balaban J connectivity index is 2.52. The van der Waals surface area contributed by atoms with Gasteiger partial charge in [0.1, 0.15) is 5.75 Å². The van der Waals surface area contributed by atoms with Gasteiger partial charge in [-0.15, -0.1) is 0 Å². The van der Waals surface area contributed by atoms with Gasteiger partial charge in [-0.3, -0.25) is 4.79 Å². The number of primary amides is 1. The van der Waals surface area contributed by atoms with Crippen molar-refractivity contribution in [1.29, 1.82) is 0 Å². The van der Waals surface area contributed by atoms with Crippen LogP contribution in [0.25, 0.3) is 10.9 Å². The Morgan fingerprint density at radius 2 is 2.24 bits per heavy atom. The fourth-order valence-corrected chi connectivity index (χ4v) is 2.02. The molecule has 1 aromatic carbocycles. The minimum Gasteiger partial charge on any atom is -0.494 e. The number of carbonyl (C=O) groups is 1. The third-order valence-corrected chi connectivity index (χ3v) is 2.75. The van der Waals surface area contributed by atoms with E-state index in [4.69, 9.17) is 10.5 Å². The first-order valence-electron chi connectivity index (χ1n) is 5.64. The summed E-state index contributed by atoms with van der Waals surface area (Å²) in [5.41, 5.74) is 8.19. The molecule has 0 unspecified atom stereocenters. The summed E-state index contributed by atoms with van der Waals surface area (Å²) in [7, 11) is 0. The Kier molecular flexibility index (Phi) is 3.04. The van der Waals surface area contributed by atoms with Crippen LogP contribution in [0.15, 0.2) is 18.2 Å². The number of fused-ring (bicyclic) bond motifs is 1. The number of carbonyl (C=O) groups excluding carboxylic acids is 1. The van der Waals surface area contributed by atoms with Crippen LogP contribution in [-0.4, -0.2) is 17.5 Å². The van der Waals surface area contributed by atoms with Crippen molar-refractivity contribution >= 4 is 16.8 Å². The molecule has 0 saturated heterocycles. The number of aryl methyl sites for hydroxylation is 1. The van der Waals surface area contributed by atoms with Crippen molar-refractivity contribution in [3.63, 3.8) is 0 Å². The maximum atomic E-state index is 11.1. The van der Waals surface area contributed by atoms with E-state index in [0.29, 0.717) is 6.61 Å². The Morgan fingerprint density at radius 1 is 1.47 bits per heavy atom. The Bertz CT molecular complexity index is 558. The summed E-state index contributed by atoms with van der Waals surface area (Å²) in [5, 5.41) is 1.01. The van der Waals surface area contributed by atoms with Crippen LogP contribution in [0.5, 0.6) is 5.75 Å². The van der Waals surface area contributed by atoms with Crippen molar-refractivity contribution in [1.82, 2.24) is 4.98 Å². The summed E-state index contributed by atoms with van der Waals surface area (Å²) in [6.07, 6.45) is 0.251. The van der Waals surface area contributed by atoms with Gasteiger partial charge < -0.3 is 15.5 Å². The number of nitrogens with two attached hydrogens (primary N) is 1. The zero-order chi connectivity index (χ0) is 12.4. The zero-order valence-corrected chi connectivity index (χ0v) is 10.0. The first-order chi connectivity index (χ1) is 8.11. The SMILES string of the molecule is CCOc1ccc2[nH]c(C)c(CC(N)=O)c2c1. The molecule has 0 bridgehead atoms. The molecule has 1 heterocycles. The van der Waals surface area contributed by atoms with E-state index in [1.165, 1.54) is 0 Å². The van der Waals surface area contributed by atoms with Gasteiger partial charge in [-0.1, -0.05) is 0 Å². The highest BCUT2D eigenvalue weighted by molar-refractivity contribution is 5.90. The molecule has 2 rings (SSSR count). The predicted molar refractivity (Wildman–Crippen MR) is 67.1 cm³/mol. The van der Waals surface area contributed by atoms with Gasteiger partial charge in [0.15, 0.2) is 0 Å². The summed E-state index contributed by atoms with van der Waals surface area (Å²) in [5.74, 6) is 0.487. The van der Waals surface area contributed by atoms with Crippen LogP contribution in [0.1, 0.15) is 18.2 Å². The van der Waals surface area contributed by atoms with Crippen molar-refractivity contribution in [3.8, 4) is 5.75 Å². The molecule has 0 fully saturated rings. The molecular formula is C13H16N2O2. The Morgan fingerprint density at radius 3 is 2.88 bits per heavy atom. The second kappa shape index (κ2) is 4.49. The highest BCUT2D eigenvalue weighted by Gasteiger charge is 2.11. The molecule has 0 saturated carbocycles. The van der Waals surface area contributed by atoms with Gasteiger partial charge in [0.25, 0.3) is 0 Å². The van der Waals surface area contributed by atoms with Crippen LogP contribution >= 0.6 is 0 Å². The van der Waals surface area contributed by atoms with Crippen LogP contribution < -0.4 is 10.5 Å². The lowest BCUT2D eigenvalue weighted by molar-refractivity contribution is -0.117. The normalized spacial score (nSPS) is 10.7. The first kappa shape index (κ1) is 11.5. The molecule has 90 valence electrons. The van der Waals surface area contributed by atoms with Crippen molar-refractivity contribution in [2.45, 2.75) is 20.3 Å². The van der Waals surface area contributed by atoms with Crippen molar-refractivity contribution in [3.05, 3.63) is 29.5 Å². The van der Waals surface area contributed by atoms with Crippen LogP contribution in [0.4, 0.5) is 0 Å². The average molecular weight is 232 g/mol. The number of hydrogen-bond acceptors (Lipinski definition) is 2. The van der Waals surface area contributed by atoms with Crippen LogP contribution in [-0.2, 0) is 11.2 Å². The predicted octanol–water partition coefficient (Wildman–Crippen LogP) is 1.90. The third-order valence-electron chi connectivity index (χ3n) is 2.75. The molecule has 0 aliphatic heterocycles. The summed E-state index contributed by atoms with van der Waals surface area (Å²) in [6, 6.07) is 5.81. The highest BCUT2D eigenvalue weighted by Crippen LogP contribution is 2.26. The maximum Gasteiger partial charge on any atom is 0.221 e. The van der Waals surface area contributed by atoms with E-state index in [2.05, 4.69) is 4.98 Å². The summed E-state index contributed by atoms with van der Waals surface area (Å²) in [6.45, 7) is 4.51. The molecule has 2 aromatic rings. The molecule has 3 N–H and O–H groups in total. The number of rotatable bonds is 4. The summed E-state index contributed by atoms with van der Waals surface area (Å²) < 4.78 is 5.45. The van der Waals surface area contributed by atoms with Gasteiger partial charge in [0.05, 0.1) is 13.0 Å². The van der Waals surface area contributed by atoms with Gasteiger partial charge >= 0.3 is 0 Å². The minimum absolute atomic E-state index is 0.251. The quantitative estimate of drug-likeness (QED) is 0.845. The Hall–Kier alpha value is -1.97. The standard InChI is InChI=1S/C13H16N2O2/c1-3-17-9-4-5-12-11(6-9)10(7-13(14)16)8(2)15-12/h4-6,15H,3,7H2,1-2H3,(H2,14,16). The van der Waals surface area contributed by atoms with Crippen molar-refractivity contribution < 1.29 is 9.53 Å². The van der Waals surface area contributed by atoms with Crippen LogP contribution in [0.2, 0.25) is 0 Å². The number of H-pyrrole nitrogens is 1. The molecule has 0 spiro atoms. The van der Waals surface area contributed by atoms with Gasteiger partial charge in [0, 0.05) is 16.6 Å². The summed E-state index contributed by atoms with van der Waals surface area (Å²) in [4.78, 5) is 14.3. The van der Waals surface area contributed by atoms with Gasteiger partial charge in [0.2, 0.25) is 5.91 Å². The largest absolute Gasteiger partial charge is 0.494 e.